The number of aromatic nitrogens is 1. The van der Waals surface area contributed by atoms with Gasteiger partial charge in [0.1, 0.15) is 11.6 Å². The maximum absolute atomic E-state index is 12.3. The van der Waals surface area contributed by atoms with E-state index < -0.39 is 12.8 Å². The fraction of sp³-hybridized carbons (Fsp3) is 0.476. The molecular formula is C21H27F3N4O. The van der Waals surface area contributed by atoms with Crippen LogP contribution in [0.5, 0.6) is 5.75 Å². The van der Waals surface area contributed by atoms with Crippen molar-refractivity contribution < 1.29 is 17.9 Å². The Hall–Kier alpha value is -2.32. The van der Waals surface area contributed by atoms with Gasteiger partial charge in [-0.25, -0.2) is 4.98 Å². The molecule has 8 heteroatoms. The summed E-state index contributed by atoms with van der Waals surface area (Å²) in [6.45, 7) is 7.26. The van der Waals surface area contributed by atoms with E-state index in [1.165, 1.54) is 6.07 Å². The number of nitrogens with one attached hydrogen (secondary N) is 1. The first-order valence-electron chi connectivity index (χ1n) is 9.84. The highest BCUT2D eigenvalue weighted by molar-refractivity contribution is 5.40. The van der Waals surface area contributed by atoms with Gasteiger partial charge in [-0.3, -0.25) is 0 Å². The van der Waals surface area contributed by atoms with E-state index in [-0.39, 0.29) is 5.75 Å². The maximum Gasteiger partial charge on any atom is 0.422 e. The molecule has 0 amide bonds. The first kappa shape index (κ1) is 21.4. The molecule has 0 radical (unpaired) electrons. The first-order valence-corrected chi connectivity index (χ1v) is 9.84. The van der Waals surface area contributed by atoms with Crippen molar-refractivity contribution in [3.05, 3.63) is 53.7 Å². The van der Waals surface area contributed by atoms with Crippen LogP contribution in [0.1, 0.15) is 18.1 Å². The van der Waals surface area contributed by atoms with Crippen molar-refractivity contribution in [3.63, 3.8) is 0 Å². The Balaban J connectivity index is 1.45. The number of ether oxygens (including phenoxy) is 1. The molecule has 1 N–H and O–H groups in total. The molecule has 3 rings (SSSR count). The molecule has 29 heavy (non-hydrogen) atoms. The molecule has 1 aliphatic rings. The minimum absolute atomic E-state index is 0.218. The summed E-state index contributed by atoms with van der Waals surface area (Å²) in [6, 6.07) is 10.8. The Bertz CT molecular complexity index is 759. The zero-order chi connectivity index (χ0) is 20.7. The number of hydrogen-bond acceptors (Lipinski definition) is 5. The number of nitrogens with zero attached hydrogens (tertiary/aromatic N) is 3. The highest BCUT2D eigenvalue weighted by atomic mass is 19.4. The molecular weight excluding hydrogens is 381 g/mol. The van der Waals surface area contributed by atoms with E-state index in [1.54, 1.807) is 12.1 Å². The summed E-state index contributed by atoms with van der Waals surface area (Å²) >= 11 is 0. The molecule has 1 aromatic carbocycles. The van der Waals surface area contributed by atoms with Crippen molar-refractivity contribution in [1.82, 2.24) is 15.2 Å². The highest BCUT2D eigenvalue weighted by Gasteiger charge is 2.28. The van der Waals surface area contributed by atoms with Gasteiger partial charge in [0.05, 0.1) is 0 Å². The number of rotatable bonds is 8. The van der Waals surface area contributed by atoms with E-state index in [9.17, 15) is 13.2 Å². The minimum atomic E-state index is -4.34. The lowest BCUT2D eigenvalue weighted by atomic mass is 10.2. The van der Waals surface area contributed by atoms with Crippen LogP contribution in [-0.4, -0.2) is 55.4 Å². The zero-order valence-corrected chi connectivity index (χ0v) is 16.6. The number of anilines is 1. The molecule has 0 saturated carbocycles. The number of benzene rings is 1. The van der Waals surface area contributed by atoms with Gasteiger partial charge in [-0.05, 0) is 35.9 Å². The predicted molar refractivity (Wildman–Crippen MR) is 107 cm³/mol. The lowest BCUT2D eigenvalue weighted by molar-refractivity contribution is -0.153. The van der Waals surface area contributed by atoms with Crippen LogP contribution in [0.25, 0.3) is 0 Å². The lowest BCUT2D eigenvalue weighted by Gasteiger charge is -2.34. The third-order valence-corrected chi connectivity index (χ3v) is 4.91. The summed E-state index contributed by atoms with van der Waals surface area (Å²) in [6.07, 6.45) is -2.46. The molecule has 0 spiro atoms. The second-order valence-corrected chi connectivity index (χ2v) is 7.10. The molecule has 2 heterocycles. The Morgan fingerprint density at radius 3 is 2.45 bits per heavy atom. The molecule has 1 fully saturated rings. The van der Waals surface area contributed by atoms with Gasteiger partial charge in [-0.1, -0.05) is 25.1 Å². The second kappa shape index (κ2) is 9.93. The smallest absolute Gasteiger partial charge is 0.422 e. The van der Waals surface area contributed by atoms with Crippen LogP contribution in [0.15, 0.2) is 42.6 Å². The summed E-state index contributed by atoms with van der Waals surface area (Å²) in [7, 11) is 0. The highest BCUT2D eigenvalue weighted by Crippen LogP contribution is 2.19. The van der Waals surface area contributed by atoms with E-state index in [0.29, 0.717) is 13.1 Å². The monoisotopic (exact) mass is 408 g/mol. The van der Waals surface area contributed by atoms with Crippen molar-refractivity contribution >= 4 is 5.82 Å². The minimum Gasteiger partial charge on any atom is -0.484 e. The summed E-state index contributed by atoms with van der Waals surface area (Å²) in [4.78, 5) is 9.31. The van der Waals surface area contributed by atoms with E-state index in [4.69, 9.17) is 4.74 Å². The fourth-order valence-corrected chi connectivity index (χ4v) is 3.26. The summed E-state index contributed by atoms with van der Waals surface area (Å²) in [5, 5.41) is 3.29. The number of pyridine rings is 1. The van der Waals surface area contributed by atoms with E-state index >= 15 is 0 Å². The fourth-order valence-electron chi connectivity index (χ4n) is 3.26. The number of hydrogen-bond donors (Lipinski definition) is 1. The maximum atomic E-state index is 12.3. The number of piperazine rings is 1. The van der Waals surface area contributed by atoms with Gasteiger partial charge in [0.2, 0.25) is 0 Å². The summed E-state index contributed by atoms with van der Waals surface area (Å²) in [5.41, 5.74) is 1.92. The molecule has 5 nitrogen and oxygen atoms in total. The quantitative estimate of drug-likeness (QED) is 0.725. The van der Waals surface area contributed by atoms with E-state index in [1.807, 2.05) is 18.3 Å². The molecule has 0 aliphatic carbocycles. The van der Waals surface area contributed by atoms with Gasteiger partial charge in [-0.15, -0.1) is 0 Å². The molecule has 0 unspecified atom stereocenters. The molecule has 2 aromatic rings. The van der Waals surface area contributed by atoms with Crippen molar-refractivity contribution in [2.75, 3.05) is 44.2 Å². The Morgan fingerprint density at radius 2 is 1.79 bits per heavy atom. The third kappa shape index (κ3) is 6.90. The standard InChI is InChI=1S/C21H27F3N4O/c1-2-27-8-10-28(11-9-27)20-7-6-18(15-26-20)14-25-13-17-4-3-5-19(12-17)29-16-21(22,23)24/h3-7,12,15,25H,2,8-11,13-14,16H2,1H3. The van der Waals surface area contributed by atoms with Gasteiger partial charge in [0.15, 0.2) is 6.61 Å². The van der Waals surface area contributed by atoms with Gasteiger partial charge in [0.25, 0.3) is 0 Å². The largest absolute Gasteiger partial charge is 0.484 e. The molecule has 1 aromatic heterocycles. The van der Waals surface area contributed by atoms with Gasteiger partial charge in [0, 0.05) is 45.5 Å². The average molecular weight is 408 g/mol. The van der Waals surface area contributed by atoms with E-state index in [2.05, 4.69) is 33.1 Å². The Kier molecular flexibility index (Phi) is 7.33. The molecule has 1 aliphatic heterocycles. The van der Waals surface area contributed by atoms with Crippen LogP contribution in [-0.2, 0) is 13.1 Å². The molecule has 158 valence electrons. The van der Waals surface area contributed by atoms with Crippen LogP contribution < -0.4 is 15.0 Å². The summed E-state index contributed by atoms with van der Waals surface area (Å²) < 4.78 is 41.6. The second-order valence-electron chi connectivity index (χ2n) is 7.10. The van der Waals surface area contributed by atoms with Crippen molar-refractivity contribution in [1.29, 1.82) is 0 Å². The normalized spacial score (nSPS) is 15.5. The zero-order valence-electron chi connectivity index (χ0n) is 16.6. The predicted octanol–water partition coefficient (Wildman–Crippen LogP) is 3.45. The van der Waals surface area contributed by atoms with Crippen molar-refractivity contribution in [3.8, 4) is 5.75 Å². The SMILES string of the molecule is CCN1CCN(c2ccc(CNCc3cccc(OCC(F)(F)F)c3)cn2)CC1. The Labute approximate surface area is 169 Å². The number of likely N-dealkylation sites (N-methyl/N-ethyl adjacent to an activating group) is 1. The van der Waals surface area contributed by atoms with Crippen LogP contribution >= 0.6 is 0 Å². The molecule has 0 bridgehead atoms. The van der Waals surface area contributed by atoms with Crippen LogP contribution in [0.2, 0.25) is 0 Å². The van der Waals surface area contributed by atoms with Crippen molar-refractivity contribution in [2.45, 2.75) is 26.2 Å². The van der Waals surface area contributed by atoms with E-state index in [0.717, 1.165) is 49.7 Å². The Morgan fingerprint density at radius 1 is 1.03 bits per heavy atom. The van der Waals surface area contributed by atoms with Gasteiger partial charge < -0.3 is 19.9 Å². The number of halogens is 3. The van der Waals surface area contributed by atoms with Gasteiger partial charge in [-0.2, -0.15) is 13.2 Å². The van der Waals surface area contributed by atoms with Gasteiger partial charge >= 0.3 is 6.18 Å². The summed E-state index contributed by atoms with van der Waals surface area (Å²) in [5.74, 6) is 1.22. The topological polar surface area (TPSA) is 40.6 Å². The van der Waals surface area contributed by atoms with Crippen molar-refractivity contribution in [2.24, 2.45) is 0 Å². The van der Waals surface area contributed by atoms with Crippen LogP contribution in [0.3, 0.4) is 0 Å². The average Bonchev–Trinajstić information content (AvgIpc) is 2.73. The molecule has 1 saturated heterocycles. The molecule has 0 atom stereocenters. The van der Waals surface area contributed by atoms with Crippen LogP contribution in [0, 0.1) is 0 Å². The number of alkyl halides is 3. The third-order valence-electron chi connectivity index (χ3n) is 4.91. The lowest BCUT2D eigenvalue weighted by Crippen LogP contribution is -2.46. The van der Waals surface area contributed by atoms with Crippen LogP contribution in [0.4, 0.5) is 19.0 Å². The first-order chi connectivity index (χ1) is 13.9.